The summed E-state index contributed by atoms with van der Waals surface area (Å²) in [5.41, 5.74) is 8.56. The summed E-state index contributed by atoms with van der Waals surface area (Å²) in [6.07, 6.45) is -4.25. The molecule has 0 bridgehead atoms. The molecule has 13 nitrogen and oxygen atoms in total. The van der Waals surface area contributed by atoms with Gasteiger partial charge in [-0.2, -0.15) is 0 Å². The van der Waals surface area contributed by atoms with Crippen LogP contribution in [0.2, 0.25) is 0 Å². The SMILES string of the molecule is CCC[C@H](N)C(=O)N[C@@H](CC)C(=O)[C@@H](CO)[C@@H](O)[C@@H](O)[C@](N)(O)C(=O)NC(CC(=O)O)c1ccccc1. The summed E-state index contributed by atoms with van der Waals surface area (Å²) in [5.74, 6) is -5.93. The molecular formula is C24H38N4O9. The van der Waals surface area contributed by atoms with Gasteiger partial charge in [-0.1, -0.05) is 50.6 Å². The molecule has 0 heterocycles. The molecule has 0 aliphatic heterocycles. The van der Waals surface area contributed by atoms with Crippen LogP contribution in [0.4, 0.5) is 0 Å². The van der Waals surface area contributed by atoms with Crippen molar-refractivity contribution in [3.8, 4) is 0 Å². The number of benzene rings is 1. The number of rotatable bonds is 16. The van der Waals surface area contributed by atoms with E-state index < -0.39 is 78.6 Å². The second-order valence-electron chi connectivity index (χ2n) is 8.85. The van der Waals surface area contributed by atoms with E-state index >= 15 is 0 Å². The summed E-state index contributed by atoms with van der Waals surface area (Å²) in [6, 6.07) is 4.70. The van der Waals surface area contributed by atoms with Gasteiger partial charge in [0.15, 0.2) is 5.78 Å². The fraction of sp³-hybridized carbons (Fsp3) is 0.583. The maximum absolute atomic E-state index is 13.0. The number of ketones is 1. The molecule has 0 aliphatic rings. The maximum atomic E-state index is 13.0. The molecule has 1 rings (SSSR count). The summed E-state index contributed by atoms with van der Waals surface area (Å²) in [6.45, 7) is 2.38. The Morgan fingerprint density at radius 3 is 2.14 bits per heavy atom. The summed E-state index contributed by atoms with van der Waals surface area (Å²) < 4.78 is 0. The van der Waals surface area contributed by atoms with E-state index in [1.54, 1.807) is 25.1 Å². The van der Waals surface area contributed by atoms with Crippen LogP contribution in [-0.2, 0) is 19.2 Å². The number of aliphatic hydroxyl groups is 4. The molecule has 0 saturated carbocycles. The molecule has 1 aromatic carbocycles. The van der Waals surface area contributed by atoms with Gasteiger partial charge < -0.3 is 41.9 Å². The highest BCUT2D eigenvalue weighted by Gasteiger charge is 2.48. The zero-order chi connectivity index (χ0) is 28.3. The van der Waals surface area contributed by atoms with Crippen LogP contribution in [-0.4, -0.2) is 85.7 Å². The van der Waals surface area contributed by atoms with Crippen molar-refractivity contribution in [1.29, 1.82) is 0 Å². The molecule has 0 aromatic heterocycles. The molecule has 37 heavy (non-hydrogen) atoms. The number of Topliss-reactive ketones (excluding diaryl/α,β-unsaturated/α-hetero) is 1. The smallest absolute Gasteiger partial charge is 0.305 e. The van der Waals surface area contributed by atoms with Crippen LogP contribution in [0.3, 0.4) is 0 Å². The number of aliphatic hydroxyl groups excluding tert-OH is 3. The van der Waals surface area contributed by atoms with Gasteiger partial charge in [0.05, 0.1) is 43.2 Å². The second-order valence-corrected chi connectivity index (χ2v) is 8.85. The van der Waals surface area contributed by atoms with Crippen LogP contribution in [0.1, 0.15) is 51.1 Å². The third-order valence-electron chi connectivity index (χ3n) is 6.00. The Morgan fingerprint density at radius 2 is 1.65 bits per heavy atom. The van der Waals surface area contributed by atoms with Crippen LogP contribution < -0.4 is 22.1 Å². The number of carboxylic acids is 1. The van der Waals surface area contributed by atoms with E-state index in [1.807, 2.05) is 6.92 Å². The first-order chi connectivity index (χ1) is 17.3. The lowest BCUT2D eigenvalue weighted by Crippen LogP contribution is -2.67. The Bertz CT molecular complexity index is 913. The van der Waals surface area contributed by atoms with Crippen molar-refractivity contribution in [2.45, 2.75) is 75.6 Å². The molecule has 1 unspecified atom stereocenters. The van der Waals surface area contributed by atoms with Crippen LogP contribution in [0, 0.1) is 5.92 Å². The lowest BCUT2D eigenvalue weighted by atomic mass is 9.85. The predicted octanol–water partition coefficient (Wildman–Crippen LogP) is -2.11. The van der Waals surface area contributed by atoms with Crippen molar-refractivity contribution >= 4 is 23.6 Å². The van der Waals surface area contributed by atoms with Crippen LogP contribution >= 0.6 is 0 Å². The van der Waals surface area contributed by atoms with E-state index in [9.17, 15) is 44.7 Å². The van der Waals surface area contributed by atoms with E-state index in [-0.39, 0.29) is 6.42 Å². The highest BCUT2D eigenvalue weighted by atomic mass is 16.4. The summed E-state index contributed by atoms with van der Waals surface area (Å²) in [4.78, 5) is 49.3. The van der Waals surface area contributed by atoms with Gasteiger partial charge in [0.25, 0.3) is 5.91 Å². The van der Waals surface area contributed by atoms with Crippen molar-refractivity contribution in [3.05, 3.63) is 35.9 Å². The Kier molecular flexibility index (Phi) is 12.8. The Hall–Kier alpha value is -2.94. The van der Waals surface area contributed by atoms with Gasteiger partial charge in [0.1, 0.15) is 6.10 Å². The van der Waals surface area contributed by atoms with E-state index in [4.69, 9.17) is 11.5 Å². The molecule has 2 amide bonds. The fourth-order valence-electron chi connectivity index (χ4n) is 3.72. The zero-order valence-corrected chi connectivity index (χ0v) is 20.9. The van der Waals surface area contributed by atoms with E-state index in [0.29, 0.717) is 18.4 Å². The minimum absolute atomic E-state index is 0.0596. The van der Waals surface area contributed by atoms with Gasteiger partial charge in [0, 0.05) is 0 Å². The van der Waals surface area contributed by atoms with Gasteiger partial charge >= 0.3 is 5.97 Å². The number of nitrogens with two attached hydrogens (primary N) is 2. The number of carboxylic acid groups (broad SMARTS) is 1. The van der Waals surface area contributed by atoms with Gasteiger partial charge in [-0.15, -0.1) is 0 Å². The Morgan fingerprint density at radius 1 is 1.05 bits per heavy atom. The average Bonchev–Trinajstić information content (AvgIpc) is 2.86. The third-order valence-corrected chi connectivity index (χ3v) is 6.00. The minimum Gasteiger partial charge on any atom is -0.481 e. The van der Waals surface area contributed by atoms with Gasteiger partial charge in [0.2, 0.25) is 11.6 Å². The molecule has 13 heteroatoms. The summed E-state index contributed by atoms with van der Waals surface area (Å²) in [5, 5.41) is 55.4. The first-order valence-corrected chi connectivity index (χ1v) is 12.0. The Balaban J connectivity index is 3.06. The molecule has 0 saturated heterocycles. The standard InChI is InChI=1S/C24H38N4O9/c1-3-8-15(25)22(35)27-16(4-2)19(32)14(12-29)20(33)21(34)24(26,37)23(36)28-17(11-18(30)31)13-9-6-5-7-10-13/h5-7,9-10,14-17,20-21,29,33-34,37H,3-4,8,11-12,25-26H2,1-2H3,(H,27,35)(H,28,36)(H,30,31)/t14-,15+,16+,17?,20-,21-,24+/m1/s1. The first-order valence-electron chi connectivity index (χ1n) is 12.0. The van der Waals surface area contributed by atoms with Crippen molar-refractivity contribution < 1.29 is 44.7 Å². The average molecular weight is 527 g/mol. The number of amides is 2. The topological polar surface area (TPSA) is 246 Å². The first kappa shape index (κ1) is 32.1. The predicted molar refractivity (Wildman–Crippen MR) is 131 cm³/mol. The number of carbonyl (C=O) groups excluding carboxylic acids is 3. The second kappa shape index (κ2) is 14.7. The van der Waals surface area contributed by atoms with Crippen LogP contribution in [0.15, 0.2) is 30.3 Å². The van der Waals surface area contributed by atoms with E-state index in [2.05, 4.69) is 10.6 Å². The normalized spacial score (nSPS) is 17.8. The molecule has 7 atom stereocenters. The molecule has 208 valence electrons. The molecular weight excluding hydrogens is 488 g/mol. The molecule has 0 fully saturated rings. The maximum Gasteiger partial charge on any atom is 0.305 e. The molecule has 11 N–H and O–H groups in total. The number of hydrogen-bond donors (Lipinski definition) is 9. The highest BCUT2D eigenvalue weighted by molar-refractivity contribution is 5.92. The van der Waals surface area contributed by atoms with Crippen molar-refractivity contribution in [1.82, 2.24) is 10.6 Å². The van der Waals surface area contributed by atoms with E-state index in [0.717, 1.165) is 0 Å². The van der Waals surface area contributed by atoms with Gasteiger partial charge in [-0.05, 0) is 18.4 Å². The number of hydrogen-bond acceptors (Lipinski definition) is 10. The van der Waals surface area contributed by atoms with Crippen LogP contribution in [0.5, 0.6) is 0 Å². The lowest BCUT2D eigenvalue weighted by Gasteiger charge is -2.35. The summed E-state index contributed by atoms with van der Waals surface area (Å²) >= 11 is 0. The van der Waals surface area contributed by atoms with Crippen molar-refractivity contribution in [2.75, 3.05) is 6.61 Å². The quantitative estimate of drug-likeness (QED) is 0.105. The molecule has 0 radical (unpaired) electrons. The number of nitrogens with one attached hydrogen (secondary N) is 2. The summed E-state index contributed by atoms with van der Waals surface area (Å²) in [7, 11) is 0. The minimum atomic E-state index is -3.19. The molecule has 0 aliphatic carbocycles. The third kappa shape index (κ3) is 8.84. The largest absolute Gasteiger partial charge is 0.481 e. The lowest BCUT2D eigenvalue weighted by molar-refractivity contribution is -0.172. The van der Waals surface area contributed by atoms with Crippen molar-refractivity contribution in [3.63, 3.8) is 0 Å². The zero-order valence-electron chi connectivity index (χ0n) is 20.9. The van der Waals surface area contributed by atoms with Gasteiger partial charge in [-0.25, -0.2) is 0 Å². The monoisotopic (exact) mass is 526 g/mol. The number of carbonyl (C=O) groups is 4. The fourth-order valence-corrected chi connectivity index (χ4v) is 3.72. The van der Waals surface area contributed by atoms with Crippen LogP contribution in [0.25, 0.3) is 0 Å². The van der Waals surface area contributed by atoms with Gasteiger partial charge in [-0.3, -0.25) is 24.9 Å². The number of aliphatic carboxylic acids is 1. The van der Waals surface area contributed by atoms with E-state index in [1.165, 1.54) is 12.1 Å². The van der Waals surface area contributed by atoms with Crippen molar-refractivity contribution in [2.24, 2.45) is 17.4 Å². The Labute approximate surface area is 214 Å². The highest BCUT2D eigenvalue weighted by Crippen LogP contribution is 2.22. The molecule has 1 aromatic rings. The molecule has 0 spiro atoms.